The lowest BCUT2D eigenvalue weighted by molar-refractivity contribution is -0.145. The summed E-state index contributed by atoms with van der Waals surface area (Å²) in [5.41, 5.74) is -0.465. The summed E-state index contributed by atoms with van der Waals surface area (Å²) in [6.07, 6.45) is -4.18. The first-order chi connectivity index (χ1) is 11.9. The maximum Gasteiger partial charge on any atom is 0.416 e. The summed E-state index contributed by atoms with van der Waals surface area (Å²) in [7, 11) is -2.22. The lowest BCUT2D eigenvalue weighted by atomic mass is 10.0. The number of alkyl halides is 3. The van der Waals surface area contributed by atoms with Crippen molar-refractivity contribution in [2.45, 2.75) is 25.2 Å². The fraction of sp³-hybridized carbons (Fsp3) is 0.562. The van der Waals surface area contributed by atoms with E-state index in [1.165, 1.54) is 24.1 Å². The highest BCUT2D eigenvalue weighted by Crippen LogP contribution is 2.32. The maximum atomic E-state index is 12.9. The van der Waals surface area contributed by atoms with E-state index < -0.39 is 33.8 Å². The topological polar surface area (TPSA) is 66.9 Å². The van der Waals surface area contributed by atoms with Crippen LogP contribution in [0.15, 0.2) is 24.3 Å². The minimum absolute atomic E-state index is 0.0545. The van der Waals surface area contributed by atoms with Gasteiger partial charge in [-0.3, -0.25) is 4.79 Å². The van der Waals surface area contributed by atoms with Crippen molar-refractivity contribution in [3.05, 3.63) is 35.4 Å². The van der Waals surface area contributed by atoms with Crippen LogP contribution < -0.4 is 0 Å². The van der Waals surface area contributed by atoms with Crippen molar-refractivity contribution in [2.24, 2.45) is 0 Å². The molecule has 0 saturated carbocycles. The molecule has 1 fully saturated rings. The van der Waals surface area contributed by atoms with E-state index >= 15 is 0 Å². The largest absolute Gasteiger partial charge is 0.416 e. The lowest BCUT2D eigenvalue weighted by Crippen LogP contribution is -2.51. The Hall–Kier alpha value is -1.65. The summed E-state index contributed by atoms with van der Waals surface area (Å²) in [5.74, 6) is -0.425. The highest BCUT2D eigenvalue weighted by molar-refractivity contribution is 7.88. The third-order valence-electron chi connectivity index (χ3n) is 4.26. The van der Waals surface area contributed by atoms with Crippen LogP contribution in [-0.2, 0) is 25.7 Å². The van der Waals surface area contributed by atoms with Crippen LogP contribution in [0.3, 0.4) is 0 Å². The first kappa shape index (κ1) is 20.7. The van der Waals surface area contributed by atoms with E-state index in [0.29, 0.717) is 5.56 Å². The van der Waals surface area contributed by atoms with Crippen LogP contribution in [0, 0.1) is 0 Å². The molecule has 0 N–H and O–H groups in total. The molecule has 2 rings (SSSR count). The van der Waals surface area contributed by atoms with Gasteiger partial charge in [0.25, 0.3) is 0 Å². The zero-order valence-electron chi connectivity index (χ0n) is 14.7. The molecule has 1 aromatic rings. The fourth-order valence-electron chi connectivity index (χ4n) is 2.62. The normalized spacial score (nSPS) is 21.9. The van der Waals surface area contributed by atoms with Crippen molar-refractivity contribution in [1.29, 1.82) is 0 Å². The van der Waals surface area contributed by atoms with Gasteiger partial charge in [0.05, 0.1) is 37.6 Å². The lowest BCUT2D eigenvalue weighted by Gasteiger charge is -2.39. The van der Waals surface area contributed by atoms with Crippen LogP contribution in [0.4, 0.5) is 13.2 Å². The molecule has 0 radical (unpaired) electrons. The Morgan fingerprint density at radius 1 is 1.38 bits per heavy atom. The molecule has 2 unspecified atom stereocenters. The molecule has 1 heterocycles. The number of likely N-dealkylation sites (N-methyl/N-ethyl adjacent to an activating group) is 1. The van der Waals surface area contributed by atoms with Gasteiger partial charge in [0.1, 0.15) is 6.10 Å². The molecule has 0 bridgehead atoms. The highest BCUT2D eigenvalue weighted by Gasteiger charge is 2.34. The van der Waals surface area contributed by atoms with E-state index in [4.69, 9.17) is 4.74 Å². The van der Waals surface area contributed by atoms with Gasteiger partial charge in [-0.25, -0.2) is 8.42 Å². The van der Waals surface area contributed by atoms with E-state index in [-0.39, 0.29) is 25.7 Å². The second-order valence-electron chi connectivity index (χ2n) is 6.36. The number of morpholine rings is 1. The number of sulfonamides is 1. The van der Waals surface area contributed by atoms with E-state index in [1.807, 2.05) is 0 Å². The number of benzene rings is 1. The molecule has 0 spiro atoms. The molecule has 1 saturated heterocycles. The number of nitrogens with zero attached hydrogens (tertiary/aromatic N) is 2. The van der Waals surface area contributed by atoms with Crippen molar-refractivity contribution < 1.29 is 31.1 Å². The number of hydrogen-bond donors (Lipinski definition) is 0. The van der Waals surface area contributed by atoms with E-state index in [2.05, 4.69) is 0 Å². The summed E-state index contributed by atoms with van der Waals surface area (Å²) < 4.78 is 68.1. The molecular formula is C16H21F3N2O4S. The molecule has 1 aromatic carbocycles. The third-order valence-corrected chi connectivity index (χ3v) is 5.52. The van der Waals surface area contributed by atoms with Gasteiger partial charge in [-0.05, 0) is 24.6 Å². The van der Waals surface area contributed by atoms with Gasteiger partial charge in [-0.1, -0.05) is 12.1 Å². The van der Waals surface area contributed by atoms with Crippen molar-refractivity contribution in [3.63, 3.8) is 0 Å². The van der Waals surface area contributed by atoms with Gasteiger partial charge in [0.15, 0.2) is 0 Å². The van der Waals surface area contributed by atoms with Crippen LogP contribution in [0.2, 0.25) is 0 Å². The third kappa shape index (κ3) is 4.95. The van der Waals surface area contributed by atoms with Crippen LogP contribution in [-0.4, -0.2) is 62.6 Å². The molecule has 6 nitrogen and oxygen atoms in total. The second-order valence-corrected chi connectivity index (χ2v) is 8.45. The first-order valence-corrected chi connectivity index (χ1v) is 9.74. The number of amides is 1. The average molecular weight is 394 g/mol. The number of halogens is 3. The predicted molar refractivity (Wildman–Crippen MR) is 88.8 cm³/mol. The van der Waals surface area contributed by atoms with Gasteiger partial charge in [-0.2, -0.15) is 17.5 Å². The summed E-state index contributed by atoms with van der Waals surface area (Å²) in [4.78, 5) is 13.9. The van der Waals surface area contributed by atoms with E-state index in [0.717, 1.165) is 22.7 Å². The number of ether oxygens (including phenoxy) is 1. The highest BCUT2D eigenvalue weighted by atomic mass is 32.2. The smallest absolute Gasteiger partial charge is 0.370 e. The van der Waals surface area contributed by atoms with Gasteiger partial charge in [-0.15, -0.1) is 0 Å². The molecular weight excluding hydrogens is 373 g/mol. The van der Waals surface area contributed by atoms with Crippen molar-refractivity contribution in [1.82, 2.24) is 9.21 Å². The number of carbonyl (C=O) groups excluding carboxylic acids is 1. The van der Waals surface area contributed by atoms with E-state index in [1.54, 1.807) is 6.92 Å². The average Bonchev–Trinajstić information content (AvgIpc) is 2.53. The van der Waals surface area contributed by atoms with Crippen LogP contribution in [0.5, 0.6) is 0 Å². The molecule has 2 atom stereocenters. The second kappa shape index (κ2) is 7.53. The standard InChI is InChI=1S/C16H21F3N2O4S/c1-11-10-25-14(12-5-4-6-13(7-12)16(17,18)19)8-21(11)15(22)9-20(2)26(3,23)24/h4-7,11,14H,8-10H2,1-3H3. The van der Waals surface area contributed by atoms with Crippen LogP contribution in [0.1, 0.15) is 24.2 Å². The predicted octanol–water partition coefficient (Wildman–Crippen LogP) is 1.89. The Kier molecular flexibility index (Phi) is 5.99. The first-order valence-electron chi connectivity index (χ1n) is 7.89. The Labute approximate surface area is 150 Å². The van der Waals surface area contributed by atoms with Crippen LogP contribution >= 0.6 is 0 Å². The van der Waals surface area contributed by atoms with Gasteiger partial charge in [0, 0.05) is 7.05 Å². The van der Waals surface area contributed by atoms with Crippen LogP contribution in [0.25, 0.3) is 0 Å². The number of hydrogen-bond acceptors (Lipinski definition) is 4. The van der Waals surface area contributed by atoms with Crippen molar-refractivity contribution in [2.75, 3.05) is 33.0 Å². The quantitative estimate of drug-likeness (QED) is 0.782. The number of carbonyl (C=O) groups is 1. The van der Waals surface area contributed by atoms with Crippen molar-refractivity contribution >= 4 is 15.9 Å². The molecule has 1 aliphatic heterocycles. The minimum Gasteiger partial charge on any atom is -0.370 e. The molecule has 1 aliphatic rings. The molecule has 0 aliphatic carbocycles. The molecule has 26 heavy (non-hydrogen) atoms. The zero-order chi connectivity index (χ0) is 19.7. The Balaban J connectivity index is 2.16. The van der Waals surface area contributed by atoms with Gasteiger partial charge < -0.3 is 9.64 Å². The molecule has 10 heteroatoms. The summed E-state index contributed by atoms with van der Waals surface area (Å²) in [6.45, 7) is 1.60. The van der Waals surface area contributed by atoms with E-state index in [9.17, 15) is 26.4 Å². The summed E-state index contributed by atoms with van der Waals surface area (Å²) in [6, 6.07) is 4.48. The van der Waals surface area contributed by atoms with Crippen molar-refractivity contribution in [3.8, 4) is 0 Å². The Morgan fingerprint density at radius 2 is 2.04 bits per heavy atom. The maximum absolute atomic E-state index is 12.9. The summed E-state index contributed by atoms with van der Waals surface area (Å²) in [5, 5.41) is 0. The Bertz CT molecular complexity index is 767. The van der Waals surface area contributed by atoms with Gasteiger partial charge >= 0.3 is 6.18 Å². The molecule has 0 aromatic heterocycles. The SMILES string of the molecule is CC1COC(c2cccc(C(F)(F)F)c2)CN1C(=O)CN(C)S(C)(=O)=O. The molecule has 1 amide bonds. The summed E-state index contributed by atoms with van der Waals surface area (Å²) >= 11 is 0. The Morgan fingerprint density at radius 3 is 2.62 bits per heavy atom. The minimum atomic E-state index is -4.47. The number of rotatable bonds is 4. The fourth-order valence-corrected chi connectivity index (χ4v) is 2.96. The van der Waals surface area contributed by atoms with Gasteiger partial charge in [0.2, 0.25) is 15.9 Å². The molecule has 146 valence electrons. The monoisotopic (exact) mass is 394 g/mol. The zero-order valence-corrected chi connectivity index (χ0v) is 15.5.